The second kappa shape index (κ2) is 10.1. The molecule has 0 saturated carbocycles. The zero-order valence-electron chi connectivity index (χ0n) is 19.6. The second-order valence-electron chi connectivity index (χ2n) is 8.63. The lowest BCUT2D eigenvalue weighted by molar-refractivity contribution is 0.0328. The molecule has 1 aliphatic heterocycles. The molecule has 0 unspecified atom stereocenters. The van der Waals surface area contributed by atoms with Crippen LogP contribution in [0.3, 0.4) is 0 Å². The number of para-hydroxylation sites is 2. The molecular weight excluding hydrogens is 470 g/mol. The number of rotatable bonds is 6. The quantitative estimate of drug-likeness (QED) is 0.366. The summed E-state index contributed by atoms with van der Waals surface area (Å²) in [5.74, 6) is 0.837. The minimum absolute atomic E-state index is 0.144. The summed E-state index contributed by atoms with van der Waals surface area (Å²) in [6.45, 7) is 3.80. The molecule has 36 heavy (non-hydrogen) atoms. The van der Waals surface area contributed by atoms with Gasteiger partial charge in [-0.2, -0.15) is 0 Å². The van der Waals surface area contributed by atoms with Gasteiger partial charge >= 0.3 is 0 Å². The van der Waals surface area contributed by atoms with E-state index in [1.807, 2.05) is 84.9 Å². The van der Waals surface area contributed by atoms with Gasteiger partial charge in [-0.3, -0.25) is 14.3 Å². The highest BCUT2D eigenvalue weighted by Crippen LogP contribution is 2.38. The lowest BCUT2D eigenvalue weighted by atomic mass is 10.0. The molecule has 0 amide bonds. The molecule has 8 heteroatoms. The van der Waals surface area contributed by atoms with Gasteiger partial charge in [-0.15, -0.1) is 10.2 Å². The van der Waals surface area contributed by atoms with Crippen molar-refractivity contribution >= 4 is 22.7 Å². The lowest BCUT2D eigenvalue weighted by Crippen LogP contribution is -2.36. The molecule has 3 aromatic carbocycles. The molecule has 0 aliphatic carbocycles. The summed E-state index contributed by atoms with van der Waals surface area (Å²) in [5, 5.41) is 10.8. The SMILES string of the molecule is O=c1[nH]c2ccccc2c(-c2ccccc2)c1Sc1nnc(CN2CCOCC2)n1-c1ccccc1. The highest BCUT2D eigenvalue weighted by Gasteiger charge is 2.22. The molecular formula is C28H25N5O2S. The number of nitrogens with one attached hydrogen (secondary N) is 1. The lowest BCUT2D eigenvalue weighted by Gasteiger charge is -2.26. The van der Waals surface area contributed by atoms with E-state index in [1.165, 1.54) is 11.8 Å². The van der Waals surface area contributed by atoms with Gasteiger partial charge in [0.2, 0.25) is 5.16 Å². The van der Waals surface area contributed by atoms with Gasteiger partial charge < -0.3 is 9.72 Å². The van der Waals surface area contributed by atoms with Crippen molar-refractivity contribution in [2.75, 3.05) is 26.3 Å². The maximum absolute atomic E-state index is 13.4. The molecule has 6 rings (SSSR count). The maximum atomic E-state index is 13.4. The van der Waals surface area contributed by atoms with Crippen LogP contribution < -0.4 is 5.56 Å². The van der Waals surface area contributed by atoms with Crippen molar-refractivity contribution in [3.05, 3.63) is 101 Å². The number of aromatic amines is 1. The fraction of sp³-hybridized carbons (Fsp3) is 0.179. The second-order valence-corrected chi connectivity index (χ2v) is 9.61. The van der Waals surface area contributed by atoms with Crippen LogP contribution in [0.15, 0.2) is 99.8 Å². The zero-order chi connectivity index (χ0) is 24.3. The Hall–Kier alpha value is -3.72. The van der Waals surface area contributed by atoms with E-state index >= 15 is 0 Å². The highest BCUT2D eigenvalue weighted by atomic mass is 32.2. The first-order chi connectivity index (χ1) is 17.8. The van der Waals surface area contributed by atoms with Crippen LogP contribution >= 0.6 is 11.8 Å². The van der Waals surface area contributed by atoms with Crippen molar-refractivity contribution in [1.82, 2.24) is 24.6 Å². The van der Waals surface area contributed by atoms with Gasteiger partial charge in [0.15, 0.2) is 5.82 Å². The fourth-order valence-electron chi connectivity index (χ4n) is 4.57. The van der Waals surface area contributed by atoms with Crippen LogP contribution in [0, 0.1) is 0 Å². The predicted molar refractivity (Wildman–Crippen MR) is 142 cm³/mol. The first-order valence-corrected chi connectivity index (χ1v) is 12.8. The van der Waals surface area contributed by atoms with E-state index in [1.54, 1.807) is 0 Å². The number of ether oxygens (including phenoxy) is 1. The van der Waals surface area contributed by atoms with E-state index in [2.05, 4.69) is 24.6 Å². The van der Waals surface area contributed by atoms with Crippen LogP contribution in [-0.2, 0) is 11.3 Å². The van der Waals surface area contributed by atoms with Crippen molar-refractivity contribution in [3.8, 4) is 16.8 Å². The van der Waals surface area contributed by atoms with E-state index in [-0.39, 0.29) is 5.56 Å². The summed E-state index contributed by atoms with van der Waals surface area (Å²) >= 11 is 1.36. The Morgan fingerprint density at radius 3 is 2.33 bits per heavy atom. The van der Waals surface area contributed by atoms with Crippen molar-refractivity contribution in [1.29, 1.82) is 0 Å². The number of pyridine rings is 1. The standard InChI is InChI=1S/C28H25N5O2S/c34-27-26(25(20-9-3-1-4-10-20)22-13-7-8-14-23(22)29-27)36-28-31-30-24(19-32-15-17-35-18-16-32)33(28)21-11-5-2-6-12-21/h1-14H,15-19H2,(H,29,34). The molecule has 180 valence electrons. The number of aromatic nitrogens is 4. The molecule has 5 aromatic rings. The Labute approximate surface area is 212 Å². The first-order valence-electron chi connectivity index (χ1n) is 12.0. The third-order valence-electron chi connectivity index (χ3n) is 6.32. The van der Waals surface area contributed by atoms with Gasteiger partial charge in [-0.25, -0.2) is 0 Å². The molecule has 2 aromatic heterocycles. The summed E-state index contributed by atoms with van der Waals surface area (Å²) in [6, 6.07) is 28.0. The molecule has 0 spiro atoms. The molecule has 0 bridgehead atoms. The minimum Gasteiger partial charge on any atom is -0.379 e. The monoisotopic (exact) mass is 495 g/mol. The minimum atomic E-state index is -0.144. The van der Waals surface area contributed by atoms with Crippen molar-refractivity contribution in [2.24, 2.45) is 0 Å². The number of hydrogen-bond acceptors (Lipinski definition) is 6. The van der Waals surface area contributed by atoms with Crippen LogP contribution in [0.5, 0.6) is 0 Å². The van der Waals surface area contributed by atoms with E-state index in [0.29, 0.717) is 29.8 Å². The van der Waals surface area contributed by atoms with Gasteiger partial charge in [-0.05, 0) is 35.5 Å². The number of morpholine rings is 1. The van der Waals surface area contributed by atoms with E-state index in [0.717, 1.165) is 46.6 Å². The Balaban J connectivity index is 1.49. The van der Waals surface area contributed by atoms with E-state index < -0.39 is 0 Å². The number of benzene rings is 3. The van der Waals surface area contributed by atoms with Crippen LogP contribution in [0.4, 0.5) is 0 Å². The van der Waals surface area contributed by atoms with E-state index in [4.69, 9.17) is 4.74 Å². The molecule has 1 aliphatic rings. The molecule has 1 saturated heterocycles. The average molecular weight is 496 g/mol. The zero-order valence-corrected chi connectivity index (χ0v) is 20.4. The van der Waals surface area contributed by atoms with Gasteiger partial charge in [0.25, 0.3) is 5.56 Å². The number of fused-ring (bicyclic) bond motifs is 1. The molecule has 0 atom stereocenters. The van der Waals surface area contributed by atoms with Gasteiger partial charge in [0, 0.05) is 35.2 Å². The third kappa shape index (κ3) is 4.46. The van der Waals surface area contributed by atoms with Crippen molar-refractivity contribution in [2.45, 2.75) is 16.6 Å². The van der Waals surface area contributed by atoms with Crippen LogP contribution in [-0.4, -0.2) is 51.0 Å². The molecule has 1 fully saturated rings. The molecule has 3 heterocycles. The first kappa shape index (κ1) is 22.7. The number of nitrogens with zero attached hydrogens (tertiary/aromatic N) is 4. The third-order valence-corrected chi connectivity index (χ3v) is 7.36. The number of hydrogen-bond donors (Lipinski definition) is 1. The molecule has 0 radical (unpaired) electrons. The smallest absolute Gasteiger partial charge is 0.263 e. The molecule has 1 N–H and O–H groups in total. The summed E-state index contributed by atoms with van der Waals surface area (Å²) in [4.78, 5) is 19.4. The average Bonchev–Trinajstić information content (AvgIpc) is 3.32. The normalized spacial score (nSPS) is 14.3. The Morgan fingerprint density at radius 1 is 0.861 bits per heavy atom. The van der Waals surface area contributed by atoms with Crippen molar-refractivity contribution < 1.29 is 4.74 Å². The summed E-state index contributed by atoms with van der Waals surface area (Å²) in [5.41, 5.74) is 3.52. The Kier molecular flexibility index (Phi) is 6.38. The topological polar surface area (TPSA) is 76.0 Å². The van der Waals surface area contributed by atoms with Crippen LogP contribution in [0.2, 0.25) is 0 Å². The summed E-state index contributed by atoms with van der Waals surface area (Å²) in [6.07, 6.45) is 0. The van der Waals surface area contributed by atoms with Crippen LogP contribution in [0.1, 0.15) is 5.82 Å². The Bertz CT molecular complexity index is 1540. The van der Waals surface area contributed by atoms with Crippen LogP contribution in [0.25, 0.3) is 27.7 Å². The maximum Gasteiger partial charge on any atom is 0.263 e. The highest BCUT2D eigenvalue weighted by molar-refractivity contribution is 7.99. The molecule has 7 nitrogen and oxygen atoms in total. The van der Waals surface area contributed by atoms with Gasteiger partial charge in [-0.1, -0.05) is 66.7 Å². The summed E-state index contributed by atoms with van der Waals surface area (Å²) in [7, 11) is 0. The predicted octanol–water partition coefficient (Wildman–Crippen LogP) is 4.76. The van der Waals surface area contributed by atoms with E-state index in [9.17, 15) is 4.79 Å². The largest absolute Gasteiger partial charge is 0.379 e. The van der Waals surface area contributed by atoms with Gasteiger partial charge in [0.1, 0.15) is 0 Å². The van der Waals surface area contributed by atoms with Crippen molar-refractivity contribution in [3.63, 3.8) is 0 Å². The Morgan fingerprint density at radius 2 is 1.56 bits per heavy atom. The summed E-state index contributed by atoms with van der Waals surface area (Å²) < 4.78 is 7.57. The number of H-pyrrole nitrogens is 1. The van der Waals surface area contributed by atoms with Gasteiger partial charge in [0.05, 0.1) is 24.7 Å². The fourth-order valence-corrected chi connectivity index (χ4v) is 5.61.